The summed E-state index contributed by atoms with van der Waals surface area (Å²) in [6.45, 7) is 1.89. The maximum atomic E-state index is 13.8. The lowest BCUT2D eigenvalue weighted by Crippen LogP contribution is -2.38. The quantitative estimate of drug-likeness (QED) is 0.310. The number of carbonyl (C=O) groups is 3. The second kappa shape index (κ2) is 12.2. The zero-order chi connectivity index (χ0) is 31.0. The number of carbonyl (C=O) groups excluding carboxylic acids is 2. The molecule has 6 rings (SSSR count). The predicted octanol–water partition coefficient (Wildman–Crippen LogP) is 5.03. The molecule has 1 aromatic carbocycles. The van der Waals surface area contributed by atoms with Gasteiger partial charge in [0.05, 0.1) is 41.2 Å². The normalized spacial score (nSPS) is 19.0. The van der Waals surface area contributed by atoms with Crippen molar-refractivity contribution < 1.29 is 19.5 Å². The molecule has 2 N–H and O–H groups in total. The van der Waals surface area contributed by atoms with Gasteiger partial charge in [0, 0.05) is 40.9 Å². The number of amides is 2. The SMILES string of the molecule is C[C@@H]1CCC[C@H](N2CCC(c3cc(Cl)ccc3-n3cc(Cl)nn3)=CC2=O)c2cc(ccn2)-c2c(cnn2CC(=O)O)NC1=O. The monoisotopic (exact) mass is 634 g/mol. The average molecular weight is 636 g/mol. The minimum Gasteiger partial charge on any atom is -0.480 e. The maximum Gasteiger partial charge on any atom is 0.325 e. The van der Waals surface area contributed by atoms with E-state index >= 15 is 0 Å². The smallest absolute Gasteiger partial charge is 0.325 e. The van der Waals surface area contributed by atoms with Crippen molar-refractivity contribution in [3.63, 3.8) is 0 Å². The van der Waals surface area contributed by atoms with Crippen LogP contribution in [0, 0.1) is 5.92 Å². The van der Waals surface area contributed by atoms with Crippen LogP contribution >= 0.6 is 23.2 Å². The first kappa shape index (κ1) is 29.5. The predicted molar refractivity (Wildman–Crippen MR) is 163 cm³/mol. The molecule has 2 aliphatic heterocycles. The summed E-state index contributed by atoms with van der Waals surface area (Å²) in [6.07, 6.45) is 8.71. The third-order valence-corrected chi connectivity index (χ3v) is 8.34. The molecule has 0 fully saturated rings. The van der Waals surface area contributed by atoms with Gasteiger partial charge in [0.2, 0.25) is 11.8 Å². The molecule has 2 aliphatic rings. The van der Waals surface area contributed by atoms with Gasteiger partial charge in [-0.25, -0.2) is 4.68 Å². The van der Waals surface area contributed by atoms with Crippen LogP contribution in [0.15, 0.2) is 55.0 Å². The van der Waals surface area contributed by atoms with Crippen molar-refractivity contribution in [2.75, 3.05) is 11.9 Å². The lowest BCUT2D eigenvalue weighted by atomic mass is 9.93. The summed E-state index contributed by atoms with van der Waals surface area (Å²) in [4.78, 5) is 44.9. The van der Waals surface area contributed by atoms with Gasteiger partial charge in [0.25, 0.3) is 0 Å². The summed E-state index contributed by atoms with van der Waals surface area (Å²) < 4.78 is 2.89. The first-order valence-electron chi connectivity index (χ1n) is 14.1. The number of halogens is 2. The van der Waals surface area contributed by atoms with Crippen molar-refractivity contribution >= 4 is 52.2 Å². The largest absolute Gasteiger partial charge is 0.480 e. The molecule has 4 aromatic rings. The molecule has 14 heteroatoms. The summed E-state index contributed by atoms with van der Waals surface area (Å²) in [6, 6.07) is 8.56. The van der Waals surface area contributed by atoms with Crippen LogP contribution in [-0.4, -0.2) is 64.1 Å². The summed E-state index contributed by atoms with van der Waals surface area (Å²) in [5.41, 5.74) is 4.44. The summed E-state index contributed by atoms with van der Waals surface area (Å²) in [5, 5.41) is 25.4. The average Bonchev–Trinajstić information content (AvgIpc) is 3.60. The van der Waals surface area contributed by atoms with E-state index in [4.69, 9.17) is 23.2 Å². The van der Waals surface area contributed by atoms with Crippen LogP contribution in [-0.2, 0) is 20.9 Å². The fourth-order valence-electron chi connectivity index (χ4n) is 5.78. The van der Waals surface area contributed by atoms with Crippen molar-refractivity contribution in [3.8, 4) is 16.9 Å². The maximum absolute atomic E-state index is 13.8. The zero-order valence-electron chi connectivity index (χ0n) is 23.7. The number of hydrogen-bond donors (Lipinski definition) is 2. The number of pyridine rings is 1. The number of benzene rings is 1. The van der Waals surface area contributed by atoms with Gasteiger partial charge in [-0.2, -0.15) is 5.10 Å². The number of aliphatic carboxylic acids is 1. The Morgan fingerprint density at radius 2 is 2.00 bits per heavy atom. The number of carboxylic acid groups (broad SMARTS) is 1. The Morgan fingerprint density at radius 1 is 1.16 bits per heavy atom. The zero-order valence-corrected chi connectivity index (χ0v) is 25.2. The van der Waals surface area contributed by atoms with Crippen LogP contribution in [0.25, 0.3) is 22.5 Å². The van der Waals surface area contributed by atoms with E-state index in [1.54, 1.807) is 46.3 Å². The molecule has 2 bridgehead atoms. The molecule has 226 valence electrons. The first-order valence-corrected chi connectivity index (χ1v) is 14.9. The van der Waals surface area contributed by atoms with E-state index in [1.807, 2.05) is 19.1 Å². The number of anilines is 1. The molecule has 0 radical (unpaired) electrons. The van der Waals surface area contributed by atoms with Crippen LogP contribution in [0.2, 0.25) is 10.2 Å². The molecule has 0 saturated carbocycles. The number of hydrogen-bond acceptors (Lipinski definition) is 7. The number of nitrogens with one attached hydrogen (secondary N) is 1. The van der Waals surface area contributed by atoms with E-state index in [0.717, 1.165) is 11.1 Å². The van der Waals surface area contributed by atoms with Gasteiger partial charge >= 0.3 is 5.97 Å². The molecule has 0 saturated heterocycles. The van der Waals surface area contributed by atoms with E-state index < -0.39 is 5.97 Å². The first-order chi connectivity index (χ1) is 21.2. The highest BCUT2D eigenvalue weighted by atomic mass is 35.5. The van der Waals surface area contributed by atoms with Gasteiger partial charge in [-0.05, 0) is 55.2 Å². The second-order valence-electron chi connectivity index (χ2n) is 10.9. The Bertz CT molecular complexity index is 1800. The molecule has 2 amide bonds. The number of rotatable bonds is 5. The Labute approximate surface area is 262 Å². The molecular weight excluding hydrogens is 607 g/mol. The highest BCUT2D eigenvalue weighted by Gasteiger charge is 2.31. The highest BCUT2D eigenvalue weighted by Crippen LogP contribution is 2.37. The van der Waals surface area contributed by atoms with E-state index in [1.165, 1.54) is 10.9 Å². The fourth-order valence-corrected chi connectivity index (χ4v) is 6.08. The molecule has 0 spiro atoms. The van der Waals surface area contributed by atoms with E-state index in [2.05, 4.69) is 25.7 Å². The van der Waals surface area contributed by atoms with Crippen LogP contribution < -0.4 is 5.32 Å². The van der Waals surface area contributed by atoms with Crippen molar-refractivity contribution in [3.05, 3.63) is 76.4 Å². The van der Waals surface area contributed by atoms with Gasteiger partial charge < -0.3 is 15.3 Å². The second-order valence-corrected chi connectivity index (χ2v) is 11.7. The Morgan fingerprint density at radius 3 is 2.75 bits per heavy atom. The minimum absolute atomic E-state index is 0.180. The van der Waals surface area contributed by atoms with Crippen molar-refractivity contribution in [1.29, 1.82) is 0 Å². The summed E-state index contributed by atoms with van der Waals surface area (Å²) in [7, 11) is 0. The van der Waals surface area contributed by atoms with Crippen LogP contribution in [0.1, 0.15) is 49.9 Å². The minimum atomic E-state index is -1.06. The van der Waals surface area contributed by atoms with Gasteiger partial charge in [-0.3, -0.25) is 24.0 Å². The van der Waals surface area contributed by atoms with E-state index in [9.17, 15) is 19.5 Å². The Balaban J connectivity index is 1.37. The summed E-state index contributed by atoms with van der Waals surface area (Å²) in [5.74, 6) is -1.74. The lowest BCUT2D eigenvalue weighted by molar-refractivity contribution is -0.138. The molecule has 12 nitrogen and oxygen atoms in total. The van der Waals surface area contributed by atoms with E-state index in [0.29, 0.717) is 65.6 Å². The summed E-state index contributed by atoms with van der Waals surface area (Å²) >= 11 is 12.4. The molecule has 0 aliphatic carbocycles. The molecule has 5 heterocycles. The van der Waals surface area contributed by atoms with Crippen molar-refractivity contribution in [2.45, 2.75) is 45.2 Å². The standard InChI is InChI=1S/C30H28Cl2N8O4/c1-17-3-2-4-25(22-11-19(7-9-33-22)29-23(35-30(17)44)14-34-40(29)16-28(42)43)38-10-8-18(12-27(38)41)21-13-20(31)5-6-24(21)39-15-26(32)36-37-39/h5-7,9,11-15,17,25H,2-4,8,10,16H2,1H3,(H,35,44)(H,42,43)/t17-,25+/m1/s1. The molecule has 0 unspecified atom stereocenters. The van der Waals surface area contributed by atoms with Crippen molar-refractivity contribution in [1.82, 2.24) is 34.7 Å². The molecular formula is C30H28Cl2N8O4. The van der Waals surface area contributed by atoms with Crippen LogP contribution in [0.3, 0.4) is 0 Å². The number of carboxylic acids is 1. The molecule has 44 heavy (non-hydrogen) atoms. The Kier molecular flexibility index (Phi) is 8.19. The van der Waals surface area contributed by atoms with Crippen molar-refractivity contribution in [2.24, 2.45) is 5.92 Å². The Hall–Kier alpha value is -4.55. The van der Waals surface area contributed by atoms with E-state index in [-0.39, 0.29) is 35.5 Å². The number of nitrogens with zero attached hydrogens (tertiary/aromatic N) is 7. The topological polar surface area (TPSA) is 148 Å². The van der Waals surface area contributed by atoms with Crippen LogP contribution in [0.5, 0.6) is 0 Å². The van der Waals surface area contributed by atoms with Gasteiger partial charge in [-0.15, -0.1) is 5.10 Å². The third kappa shape index (κ3) is 5.95. The highest BCUT2D eigenvalue weighted by molar-refractivity contribution is 6.31. The number of aromatic nitrogens is 6. The van der Waals surface area contributed by atoms with Crippen LogP contribution in [0.4, 0.5) is 5.69 Å². The van der Waals surface area contributed by atoms with Gasteiger partial charge in [0.15, 0.2) is 5.15 Å². The molecule has 3 aromatic heterocycles. The number of fused-ring (bicyclic) bond motifs is 4. The lowest BCUT2D eigenvalue weighted by Gasteiger charge is -2.34. The third-order valence-electron chi connectivity index (χ3n) is 7.94. The molecule has 2 atom stereocenters. The fraction of sp³-hybridized carbons (Fsp3) is 0.300. The van der Waals surface area contributed by atoms with Gasteiger partial charge in [-0.1, -0.05) is 41.8 Å². The van der Waals surface area contributed by atoms with Gasteiger partial charge in [0.1, 0.15) is 6.54 Å².